The molecule has 0 amide bonds. The lowest BCUT2D eigenvalue weighted by Crippen LogP contribution is -2.36. The molecule has 0 radical (unpaired) electrons. The second-order valence-corrected chi connectivity index (χ2v) is 10.0. The van der Waals surface area contributed by atoms with Crippen LogP contribution in [0.2, 0.25) is 0 Å². The molecule has 4 heteroatoms. The van der Waals surface area contributed by atoms with Crippen molar-refractivity contribution in [3.8, 4) is 17.2 Å². The molecule has 4 nitrogen and oxygen atoms in total. The van der Waals surface area contributed by atoms with E-state index in [-0.39, 0.29) is 5.92 Å². The summed E-state index contributed by atoms with van der Waals surface area (Å²) in [5.41, 5.74) is 13.2. The van der Waals surface area contributed by atoms with Crippen LogP contribution < -0.4 is 5.73 Å². The highest BCUT2D eigenvalue weighted by molar-refractivity contribution is 5.97. The Morgan fingerprint density at radius 2 is 1.67 bits per heavy atom. The Bertz CT molecular complexity index is 1380. The Labute approximate surface area is 214 Å². The zero-order valence-electron chi connectivity index (χ0n) is 21.2. The number of likely N-dealkylation sites (tertiary alicyclic amines) is 1. The number of aryl methyl sites for hydroxylation is 1. The lowest BCUT2D eigenvalue weighted by Gasteiger charge is -2.36. The molecular formula is C32H34N4. The summed E-state index contributed by atoms with van der Waals surface area (Å²) in [6.07, 6.45) is 3.56. The summed E-state index contributed by atoms with van der Waals surface area (Å²) in [7, 11) is 0. The number of rotatable bonds is 6. The second-order valence-electron chi connectivity index (χ2n) is 10.0. The van der Waals surface area contributed by atoms with Gasteiger partial charge in [-0.15, -0.1) is 0 Å². The largest absolute Gasteiger partial charge is 0.383 e. The number of pyridine rings is 1. The molecule has 0 aliphatic carbocycles. The van der Waals surface area contributed by atoms with Crippen molar-refractivity contribution in [2.75, 3.05) is 25.4 Å². The monoisotopic (exact) mass is 474 g/mol. The molecule has 1 aromatic heterocycles. The Balaban J connectivity index is 1.66. The minimum atomic E-state index is 0.280. The lowest BCUT2D eigenvalue weighted by atomic mass is 9.75. The van der Waals surface area contributed by atoms with E-state index in [2.05, 4.69) is 67.3 Å². The van der Waals surface area contributed by atoms with Gasteiger partial charge in [-0.05, 0) is 80.1 Å². The molecular weight excluding hydrogens is 440 g/mol. The van der Waals surface area contributed by atoms with Crippen molar-refractivity contribution in [1.82, 2.24) is 9.88 Å². The Kier molecular flexibility index (Phi) is 7.02. The first-order valence-corrected chi connectivity index (χ1v) is 13.1. The number of piperidine rings is 1. The highest BCUT2D eigenvalue weighted by Crippen LogP contribution is 2.41. The number of aromatic nitrogens is 1. The highest BCUT2D eigenvalue weighted by atomic mass is 15.1. The first kappa shape index (κ1) is 24.0. The number of nitriles is 1. The van der Waals surface area contributed by atoms with Gasteiger partial charge in [0.1, 0.15) is 11.9 Å². The zero-order valence-corrected chi connectivity index (χ0v) is 21.2. The molecule has 2 N–H and O–H groups in total. The van der Waals surface area contributed by atoms with Gasteiger partial charge in [0, 0.05) is 16.9 Å². The van der Waals surface area contributed by atoms with Crippen molar-refractivity contribution in [1.29, 1.82) is 5.26 Å². The Morgan fingerprint density at radius 3 is 2.31 bits per heavy atom. The van der Waals surface area contributed by atoms with Crippen LogP contribution in [0.25, 0.3) is 22.0 Å². The maximum Gasteiger partial charge on any atom is 0.133 e. The van der Waals surface area contributed by atoms with E-state index in [0.29, 0.717) is 17.3 Å². The van der Waals surface area contributed by atoms with Crippen molar-refractivity contribution in [2.24, 2.45) is 5.92 Å². The molecule has 36 heavy (non-hydrogen) atoms. The van der Waals surface area contributed by atoms with E-state index in [4.69, 9.17) is 10.7 Å². The molecule has 2 heterocycles. The second kappa shape index (κ2) is 10.5. The van der Waals surface area contributed by atoms with Gasteiger partial charge in [-0.1, -0.05) is 73.7 Å². The number of anilines is 1. The van der Waals surface area contributed by atoms with Gasteiger partial charge in [0.2, 0.25) is 0 Å². The van der Waals surface area contributed by atoms with Crippen molar-refractivity contribution in [3.63, 3.8) is 0 Å². The molecule has 0 bridgehead atoms. The van der Waals surface area contributed by atoms with Crippen molar-refractivity contribution >= 4 is 16.7 Å². The smallest absolute Gasteiger partial charge is 0.133 e. The summed E-state index contributed by atoms with van der Waals surface area (Å²) in [5, 5.41) is 11.2. The van der Waals surface area contributed by atoms with Crippen molar-refractivity contribution in [2.45, 2.75) is 39.0 Å². The van der Waals surface area contributed by atoms with Crippen LogP contribution in [0.15, 0.2) is 72.8 Å². The fourth-order valence-corrected chi connectivity index (χ4v) is 6.00. The van der Waals surface area contributed by atoms with Gasteiger partial charge in [0.15, 0.2) is 0 Å². The van der Waals surface area contributed by atoms with Crippen molar-refractivity contribution < 1.29 is 0 Å². The molecule has 1 aliphatic rings. The number of nitrogen functional groups attached to an aromatic ring is 1. The van der Waals surface area contributed by atoms with Crippen LogP contribution in [-0.4, -0.2) is 29.5 Å². The molecule has 0 saturated carbocycles. The predicted octanol–water partition coefficient (Wildman–Crippen LogP) is 6.92. The predicted molar refractivity (Wildman–Crippen MR) is 149 cm³/mol. The Morgan fingerprint density at radius 1 is 1.00 bits per heavy atom. The molecule has 3 aromatic carbocycles. The first-order chi connectivity index (χ1) is 17.6. The van der Waals surface area contributed by atoms with Crippen LogP contribution in [0.3, 0.4) is 0 Å². The van der Waals surface area contributed by atoms with E-state index in [1.54, 1.807) is 0 Å². The van der Waals surface area contributed by atoms with Gasteiger partial charge >= 0.3 is 0 Å². The minimum absolute atomic E-state index is 0.280. The maximum absolute atomic E-state index is 10.3. The van der Waals surface area contributed by atoms with Crippen LogP contribution in [0, 0.1) is 24.2 Å². The first-order valence-electron chi connectivity index (χ1n) is 13.1. The fourth-order valence-electron chi connectivity index (χ4n) is 6.00. The van der Waals surface area contributed by atoms with Gasteiger partial charge in [-0.2, -0.15) is 5.26 Å². The van der Waals surface area contributed by atoms with Crippen molar-refractivity contribution in [3.05, 3.63) is 95.1 Å². The molecule has 0 spiro atoms. The third kappa shape index (κ3) is 4.59. The van der Waals surface area contributed by atoms with E-state index in [1.165, 1.54) is 36.9 Å². The molecule has 1 saturated heterocycles. The summed E-state index contributed by atoms with van der Waals surface area (Å²) in [6.45, 7) is 7.82. The van der Waals surface area contributed by atoms with Crippen LogP contribution in [0.5, 0.6) is 0 Å². The minimum Gasteiger partial charge on any atom is -0.383 e. The number of nitrogens with two attached hydrogens (primary N) is 1. The van der Waals surface area contributed by atoms with Crippen LogP contribution >= 0.6 is 0 Å². The molecule has 1 fully saturated rings. The summed E-state index contributed by atoms with van der Waals surface area (Å²) < 4.78 is 0. The Hall–Kier alpha value is -3.68. The van der Waals surface area contributed by atoms with Gasteiger partial charge in [0.25, 0.3) is 0 Å². The number of hydrogen-bond donors (Lipinski definition) is 1. The van der Waals surface area contributed by atoms with Crippen LogP contribution in [0.4, 0.5) is 5.82 Å². The molecule has 5 rings (SSSR count). The number of fused-ring (bicyclic) bond motifs is 1. The van der Waals surface area contributed by atoms with E-state index in [0.717, 1.165) is 40.7 Å². The van der Waals surface area contributed by atoms with Crippen LogP contribution in [-0.2, 0) is 0 Å². The molecule has 1 aliphatic heterocycles. The summed E-state index contributed by atoms with van der Waals surface area (Å²) in [4.78, 5) is 7.39. The maximum atomic E-state index is 10.3. The standard InChI is InChI=1S/C32H34N4/c1-3-16-36-17-14-25(15-18-36)29(23-10-6-4-7-11-23)26-19-22(2)31-27(20-26)28(21-33)30(32(34)35-31)24-12-8-5-9-13-24/h4-13,19-20,25,29H,3,14-18H2,1-2H3,(H2,34,35). The highest BCUT2D eigenvalue weighted by Gasteiger charge is 2.30. The van der Waals surface area contributed by atoms with E-state index in [9.17, 15) is 5.26 Å². The lowest BCUT2D eigenvalue weighted by molar-refractivity contribution is 0.175. The average molecular weight is 475 g/mol. The van der Waals surface area contributed by atoms with Gasteiger partial charge in [-0.25, -0.2) is 4.98 Å². The van der Waals surface area contributed by atoms with Gasteiger partial charge < -0.3 is 10.6 Å². The third-order valence-electron chi connectivity index (χ3n) is 7.67. The number of nitrogens with zero attached hydrogens (tertiary/aromatic N) is 3. The SMILES string of the molecule is CCCN1CCC(C(c2ccccc2)c2cc(C)c3nc(N)c(-c4ccccc4)c(C#N)c3c2)CC1. The van der Waals surface area contributed by atoms with E-state index in [1.807, 2.05) is 30.3 Å². The normalized spacial score (nSPS) is 15.6. The van der Waals surface area contributed by atoms with Gasteiger partial charge in [-0.3, -0.25) is 0 Å². The topological polar surface area (TPSA) is 65.9 Å². The fraction of sp³-hybridized carbons (Fsp3) is 0.312. The van der Waals surface area contributed by atoms with E-state index >= 15 is 0 Å². The van der Waals surface area contributed by atoms with Gasteiger partial charge in [0.05, 0.1) is 11.1 Å². The molecule has 4 aromatic rings. The summed E-state index contributed by atoms with van der Waals surface area (Å²) >= 11 is 0. The zero-order chi connectivity index (χ0) is 25.1. The summed E-state index contributed by atoms with van der Waals surface area (Å²) in [5.74, 6) is 1.24. The average Bonchev–Trinajstić information content (AvgIpc) is 2.91. The van der Waals surface area contributed by atoms with Crippen LogP contribution in [0.1, 0.15) is 54.4 Å². The quantitative estimate of drug-likeness (QED) is 0.329. The summed E-state index contributed by atoms with van der Waals surface area (Å²) in [6, 6.07) is 27.7. The molecule has 182 valence electrons. The molecule has 1 unspecified atom stereocenters. The van der Waals surface area contributed by atoms with E-state index < -0.39 is 0 Å². The third-order valence-corrected chi connectivity index (χ3v) is 7.67. The number of benzene rings is 3. The molecule has 1 atom stereocenters. The number of hydrogen-bond acceptors (Lipinski definition) is 4.